The number of aryl methyl sites for hydroxylation is 1. The zero-order valence-electron chi connectivity index (χ0n) is 11.0. The number of rotatable bonds is 3. The molecule has 2 aliphatic heterocycles. The first-order valence-electron chi connectivity index (χ1n) is 7.11. The second-order valence-corrected chi connectivity index (χ2v) is 5.57. The van der Waals surface area contributed by atoms with Crippen molar-refractivity contribution in [1.29, 1.82) is 0 Å². The second kappa shape index (κ2) is 5.33. The molecule has 5 nitrogen and oxygen atoms in total. The summed E-state index contributed by atoms with van der Waals surface area (Å²) in [5.74, 6) is 0.675. The predicted octanol–water partition coefficient (Wildman–Crippen LogP) is 1.81. The van der Waals surface area contributed by atoms with Crippen LogP contribution in [0.15, 0.2) is 6.20 Å². The van der Waals surface area contributed by atoms with E-state index in [1.54, 1.807) is 0 Å². The summed E-state index contributed by atoms with van der Waals surface area (Å²) < 4.78 is 7.45. The summed E-state index contributed by atoms with van der Waals surface area (Å²) in [7, 11) is 0. The van der Waals surface area contributed by atoms with Crippen molar-refractivity contribution in [1.82, 2.24) is 9.55 Å². The number of imidazole rings is 1. The maximum absolute atomic E-state index is 11.4. The number of nitrogens with zero attached hydrogens (tertiary/aromatic N) is 2. The number of carboxylic acid groups (broad SMARTS) is 1. The zero-order chi connectivity index (χ0) is 13.2. The largest absolute Gasteiger partial charge is 0.480 e. The van der Waals surface area contributed by atoms with Gasteiger partial charge in [0.25, 0.3) is 0 Å². The minimum atomic E-state index is -0.736. The van der Waals surface area contributed by atoms with Gasteiger partial charge in [-0.2, -0.15) is 0 Å². The lowest BCUT2D eigenvalue weighted by molar-refractivity contribution is -0.141. The Hall–Kier alpha value is -1.36. The summed E-state index contributed by atoms with van der Waals surface area (Å²) in [5.41, 5.74) is 1.07. The summed E-state index contributed by atoms with van der Waals surface area (Å²) in [4.78, 5) is 15.9. The third kappa shape index (κ3) is 2.52. The molecule has 2 atom stereocenters. The van der Waals surface area contributed by atoms with Crippen LogP contribution < -0.4 is 0 Å². The van der Waals surface area contributed by atoms with E-state index in [9.17, 15) is 9.90 Å². The standard InChI is InChI=1S/C14H20N2O3/c17-14(18)12-5-1-4-11-8-15-13(16(11)12)7-10-3-2-6-19-9-10/h8,10,12H,1-7,9H2,(H,17,18). The van der Waals surface area contributed by atoms with E-state index in [-0.39, 0.29) is 0 Å². The molecule has 3 rings (SSSR count). The molecular formula is C14H20N2O3. The fourth-order valence-electron chi connectivity index (χ4n) is 3.22. The first-order valence-corrected chi connectivity index (χ1v) is 7.11. The highest BCUT2D eigenvalue weighted by Crippen LogP contribution is 2.29. The van der Waals surface area contributed by atoms with Crippen LogP contribution in [0.4, 0.5) is 0 Å². The van der Waals surface area contributed by atoms with Gasteiger partial charge in [-0.15, -0.1) is 0 Å². The minimum Gasteiger partial charge on any atom is -0.480 e. The van der Waals surface area contributed by atoms with Gasteiger partial charge in [-0.25, -0.2) is 9.78 Å². The van der Waals surface area contributed by atoms with Gasteiger partial charge >= 0.3 is 5.97 Å². The molecular weight excluding hydrogens is 244 g/mol. The Bertz CT molecular complexity index is 463. The third-order valence-electron chi connectivity index (χ3n) is 4.18. The number of ether oxygens (including phenoxy) is 1. The zero-order valence-corrected chi connectivity index (χ0v) is 11.0. The van der Waals surface area contributed by atoms with Crippen LogP contribution in [0.25, 0.3) is 0 Å². The average molecular weight is 264 g/mol. The Labute approximate surface area is 112 Å². The van der Waals surface area contributed by atoms with Crippen molar-refractivity contribution < 1.29 is 14.6 Å². The molecule has 5 heteroatoms. The van der Waals surface area contributed by atoms with Crippen molar-refractivity contribution in [3.63, 3.8) is 0 Å². The molecule has 19 heavy (non-hydrogen) atoms. The molecule has 1 fully saturated rings. The normalized spacial score (nSPS) is 26.9. The van der Waals surface area contributed by atoms with Gasteiger partial charge in [-0.05, 0) is 38.0 Å². The summed E-state index contributed by atoms with van der Waals surface area (Å²) >= 11 is 0. The molecule has 104 valence electrons. The van der Waals surface area contributed by atoms with Crippen LogP contribution in [0.2, 0.25) is 0 Å². The van der Waals surface area contributed by atoms with Crippen molar-refractivity contribution in [2.24, 2.45) is 5.92 Å². The van der Waals surface area contributed by atoms with E-state index in [1.807, 2.05) is 10.8 Å². The fourth-order valence-corrected chi connectivity index (χ4v) is 3.22. The van der Waals surface area contributed by atoms with Gasteiger partial charge < -0.3 is 14.4 Å². The number of aromatic nitrogens is 2. The van der Waals surface area contributed by atoms with Gasteiger partial charge in [0, 0.05) is 31.5 Å². The molecule has 0 aromatic carbocycles. The molecule has 1 aromatic rings. The van der Waals surface area contributed by atoms with E-state index in [2.05, 4.69) is 4.98 Å². The Morgan fingerprint density at radius 1 is 1.47 bits per heavy atom. The third-order valence-corrected chi connectivity index (χ3v) is 4.18. The van der Waals surface area contributed by atoms with Crippen LogP contribution in [0.5, 0.6) is 0 Å². The summed E-state index contributed by atoms with van der Waals surface area (Å²) in [6, 6.07) is -0.425. The number of hydrogen-bond donors (Lipinski definition) is 1. The maximum atomic E-state index is 11.4. The lowest BCUT2D eigenvalue weighted by Crippen LogP contribution is -2.28. The maximum Gasteiger partial charge on any atom is 0.326 e. The fraction of sp³-hybridized carbons (Fsp3) is 0.714. The number of fused-ring (bicyclic) bond motifs is 1. The summed E-state index contributed by atoms with van der Waals surface area (Å²) in [6.45, 7) is 1.63. The average Bonchev–Trinajstić information content (AvgIpc) is 2.83. The molecule has 2 unspecified atom stereocenters. The minimum absolute atomic E-state index is 0.425. The van der Waals surface area contributed by atoms with Crippen LogP contribution in [0.3, 0.4) is 0 Å². The molecule has 3 heterocycles. The van der Waals surface area contributed by atoms with Crippen molar-refractivity contribution >= 4 is 5.97 Å². The van der Waals surface area contributed by atoms with Gasteiger partial charge in [0.1, 0.15) is 11.9 Å². The lowest BCUT2D eigenvalue weighted by Gasteiger charge is -2.26. The molecule has 1 aromatic heterocycles. The summed E-state index contributed by atoms with van der Waals surface area (Å²) in [5, 5.41) is 9.36. The van der Waals surface area contributed by atoms with Gasteiger partial charge in [0.2, 0.25) is 0 Å². The molecule has 1 saturated heterocycles. The Kier molecular flexibility index (Phi) is 3.55. The Morgan fingerprint density at radius 2 is 2.37 bits per heavy atom. The highest BCUT2D eigenvalue weighted by Gasteiger charge is 2.29. The molecule has 2 aliphatic rings. The van der Waals surface area contributed by atoms with E-state index in [4.69, 9.17) is 4.74 Å². The van der Waals surface area contributed by atoms with E-state index < -0.39 is 12.0 Å². The van der Waals surface area contributed by atoms with Gasteiger partial charge in [-0.3, -0.25) is 0 Å². The van der Waals surface area contributed by atoms with E-state index in [1.165, 1.54) is 0 Å². The van der Waals surface area contributed by atoms with Crippen LogP contribution in [0, 0.1) is 5.92 Å². The highest BCUT2D eigenvalue weighted by molar-refractivity contribution is 5.72. The van der Waals surface area contributed by atoms with Crippen LogP contribution >= 0.6 is 0 Å². The van der Waals surface area contributed by atoms with Crippen molar-refractivity contribution in [3.05, 3.63) is 17.7 Å². The SMILES string of the molecule is O=C(O)C1CCCc2cnc(CC3CCCOC3)n21. The molecule has 0 amide bonds. The molecule has 0 aliphatic carbocycles. The molecule has 0 spiro atoms. The highest BCUT2D eigenvalue weighted by atomic mass is 16.5. The molecule has 0 saturated carbocycles. The van der Waals surface area contributed by atoms with Crippen LogP contribution in [0.1, 0.15) is 43.2 Å². The van der Waals surface area contributed by atoms with Crippen LogP contribution in [-0.2, 0) is 22.4 Å². The predicted molar refractivity (Wildman–Crippen MR) is 69.1 cm³/mol. The first kappa shape index (κ1) is 12.7. The van der Waals surface area contributed by atoms with Gasteiger partial charge in [0.05, 0.1) is 0 Å². The topological polar surface area (TPSA) is 64.3 Å². The number of aliphatic carboxylic acids is 1. The van der Waals surface area contributed by atoms with Crippen molar-refractivity contribution in [3.8, 4) is 0 Å². The monoisotopic (exact) mass is 264 g/mol. The van der Waals surface area contributed by atoms with Gasteiger partial charge in [0.15, 0.2) is 0 Å². The smallest absolute Gasteiger partial charge is 0.326 e. The molecule has 1 N–H and O–H groups in total. The van der Waals surface area contributed by atoms with E-state index in [0.29, 0.717) is 12.3 Å². The second-order valence-electron chi connectivity index (χ2n) is 5.57. The lowest BCUT2D eigenvalue weighted by atomic mass is 9.97. The Morgan fingerprint density at radius 3 is 3.11 bits per heavy atom. The number of carboxylic acids is 1. The summed E-state index contributed by atoms with van der Waals surface area (Å²) in [6.07, 6.45) is 7.54. The molecule has 0 radical (unpaired) electrons. The Balaban J connectivity index is 1.82. The molecule has 0 bridgehead atoms. The number of carbonyl (C=O) groups is 1. The number of hydrogen-bond acceptors (Lipinski definition) is 3. The van der Waals surface area contributed by atoms with Crippen LogP contribution in [-0.4, -0.2) is 33.8 Å². The van der Waals surface area contributed by atoms with Gasteiger partial charge in [-0.1, -0.05) is 0 Å². The van der Waals surface area contributed by atoms with E-state index in [0.717, 1.165) is 56.8 Å². The van der Waals surface area contributed by atoms with Crippen molar-refractivity contribution in [2.75, 3.05) is 13.2 Å². The quantitative estimate of drug-likeness (QED) is 0.904. The first-order chi connectivity index (χ1) is 9.25. The van der Waals surface area contributed by atoms with E-state index >= 15 is 0 Å². The van der Waals surface area contributed by atoms with Crippen molar-refractivity contribution in [2.45, 2.75) is 44.6 Å².